The Kier molecular flexibility index (Phi) is 4.84. The van der Waals surface area contributed by atoms with Crippen LogP contribution < -0.4 is 26.2 Å². The summed E-state index contributed by atoms with van der Waals surface area (Å²) < 4.78 is 0. The molecule has 3 heteroatoms. The summed E-state index contributed by atoms with van der Waals surface area (Å²) in [5.74, 6) is 0. The summed E-state index contributed by atoms with van der Waals surface area (Å²) in [6.07, 6.45) is 0. The summed E-state index contributed by atoms with van der Waals surface area (Å²) in [4.78, 5) is 5.01. The highest BCUT2D eigenvalue weighted by atomic mass is 15.2. The van der Waals surface area contributed by atoms with Crippen LogP contribution in [0.2, 0.25) is 0 Å². The lowest BCUT2D eigenvalue weighted by Gasteiger charge is -2.45. The van der Waals surface area contributed by atoms with Crippen molar-refractivity contribution in [3.05, 3.63) is 125 Å². The zero-order chi connectivity index (χ0) is 25.3. The van der Waals surface area contributed by atoms with Crippen LogP contribution in [0, 0.1) is 27.7 Å². The molecule has 2 aliphatic heterocycles. The number of benzene rings is 5. The molecule has 0 saturated heterocycles. The average molecular weight is 476 g/mol. The SMILES string of the molecule is Cc1ccccc1N1c2cccc3c2B(c2cccc(C)c21)c1cccc(C)c1N3c1ccccc1C. The first kappa shape index (κ1) is 22.0. The van der Waals surface area contributed by atoms with Crippen molar-refractivity contribution in [1.29, 1.82) is 0 Å². The van der Waals surface area contributed by atoms with Gasteiger partial charge in [0.15, 0.2) is 0 Å². The van der Waals surface area contributed by atoms with E-state index in [1.165, 1.54) is 72.8 Å². The van der Waals surface area contributed by atoms with Gasteiger partial charge in [0.2, 0.25) is 0 Å². The van der Waals surface area contributed by atoms with Crippen LogP contribution in [0.4, 0.5) is 34.1 Å². The van der Waals surface area contributed by atoms with E-state index in [0.29, 0.717) is 0 Å². The molecule has 0 aromatic heterocycles. The standard InChI is InChI=1S/C34H29BN2/c1-22-12-5-7-18-28(22)36-30-20-11-21-31-32(30)35(26-16-9-14-24(3)33(26)36)27-17-10-15-25(4)34(27)37(31)29-19-8-6-13-23(29)2/h5-21H,1-4H3. The third-order valence-electron chi connectivity index (χ3n) is 8.15. The van der Waals surface area contributed by atoms with Crippen LogP contribution in [-0.4, -0.2) is 6.71 Å². The van der Waals surface area contributed by atoms with Crippen molar-refractivity contribution >= 4 is 57.2 Å². The van der Waals surface area contributed by atoms with E-state index in [4.69, 9.17) is 0 Å². The molecule has 0 spiro atoms. The van der Waals surface area contributed by atoms with Gasteiger partial charge in [-0.1, -0.05) is 78.9 Å². The van der Waals surface area contributed by atoms with E-state index in [1.54, 1.807) is 0 Å². The number of nitrogens with zero attached hydrogens (tertiary/aromatic N) is 2. The van der Waals surface area contributed by atoms with Crippen molar-refractivity contribution in [2.24, 2.45) is 0 Å². The van der Waals surface area contributed by atoms with Gasteiger partial charge in [-0.25, -0.2) is 0 Å². The molecular weight excluding hydrogens is 447 g/mol. The van der Waals surface area contributed by atoms with E-state index < -0.39 is 0 Å². The molecule has 0 radical (unpaired) electrons. The first-order valence-corrected chi connectivity index (χ1v) is 13.1. The van der Waals surface area contributed by atoms with Gasteiger partial charge in [-0.15, -0.1) is 0 Å². The van der Waals surface area contributed by atoms with Gasteiger partial charge in [-0.2, -0.15) is 0 Å². The molecule has 2 heterocycles. The fourth-order valence-corrected chi connectivity index (χ4v) is 6.52. The summed E-state index contributed by atoms with van der Waals surface area (Å²) in [7, 11) is 0. The number of anilines is 6. The highest BCUT2D eigenvalue weighted by Gasteiger charge is 2.44. The number of rotatable bonds is 2. The Morgan fingerprint density at radius 2 is 0.784 bits per heavy atom. The van der Waals surface area contributed by atoms with E-state index in [1.807, 2.05) is 0 Å². The van der Waals surface area contributed by atoms with Gasteiger partial charge in [0.25, 0.3) is 6.71 Å². The molecular formula is C34H29BN2. The van der Waals surface area contributed by atoms with Crippen LogP contribution in [0.15, 0.2) is 103 Å². The van der Waals surface area contributed by atoms with Gasteiger partial charge in [-0.3, -0.25) is 0 Å². The van der Waals surface area contributed by atoms with Gasteiger partial charge in [-0.05, 0) is 90.6 Å². The van der Waals surface area contributed by atoms with Crippen LogP contribution >= 0.6 is 0 Å². The fraction of sp³-hybridized carbons (Fsp3) is 0.118. The Hall–Kier alpha value is -4.24. The molecule has 0 bridgehead atoms. The molecule has 5 aromatic carbocycles. The topological polar surface area (TPSA) is 6.48 Å². The summed E-state index contributed by atoms with van der Waals surface area (Å²) in [5.41, 5.74) is 16.9. The van der Waals surface area contributed by atoms with E-state index in [2.05, 4.69) is 141 Å². The van der Waals surface area contributed by atoms with E-state index in [0.717, 1.165) is 0 Å². The molecule has 0 fully saturated rings. The minimum absolute atomic E-state index is 0.177. The average Bonchev–Trinajstić information content (AvgIpc) is 2.90. The van der Waals surface area contributed by atoms with Crippen LogP contribution in [0.25, 0.3) is 0 Å². The molecule has 0 saturated carbocycles. The predicted octanol–water partition coefficient (Wildman–Crippen LogP) is 7.00. The van der Waals surface area contributed by atoms with Crippen molar-refractivity contribution < 1.29 is 0 Å². The highest BCUT2D eigenvalue weighted by molar-refractivity contribution is 7.00. The largest absolute Gasteiger partial charge is 0.311 e. The molecule has 37 heavy (non-hydrogen) atoms. The molecule has 7 rings (SSSR count). The van der Waals surface area contributed by atoms with Gasteiger partial charge in [0, 0.05) is 34.1 Å². The third-order valence-corrected chi connectivity index (χ3v) is 8.15. The van der Waals surface area contributed by atoms with Crippen molar-refractivity contribution in [1.82, 2.24) is 0 Å². The smallest absolute Gasteiger partial charge is 0.252 e. The summed E-state index contributed by atoms with van der Waals surface area (Å²) in [6, 6.07) is 38.0. The lowest BCUT2D eigenvalue weighted by Crippen LogP contribution is -2.61. The van der Waals surface area contributed by atoms with Gasteiger partial charge in [0.05, 0.1) is 0 Å². The fourth-order valence-electron chi connectivity index (χ4n) is 6.52. The minimum atomic E-state index is 0.177. The number of fused-ring (bicyclic) bond motifs is 4. The van der Waals surface area contributed by atoms with Crippen LogP contribution in [0.1, 0.15) is 22.3 Å². The van der Waals surface area contributed by atoms with Crippen LogP contribution in [-0.2, 0) is 0 Å². The van der Waals surface area contributed by atoms with Crippen molar-refractivity contribution in [3.8, 4) is 0 Å². The Morgan fingerprint density at radius 3 is 1.24 bits per heavy atom. The number of aryl methyl sites for hydroxylation is 4. The summed E-state index contributed by atoms with van der Waals surface area (Å²) in [5, 5.41) is 0. The van der Waals surface area contributed by atoms with Crippen LogP contribution in [0.5, 0.6) is 0 Å². The second-order valence-electron chi connectivity index (χ2n) is 10.4. The summed E-state index contributed by atoms with van der Waals surface area (Å²) >= 11 is 0. The molecule has 2 aliphatic rings. The lowest BCUT2D eigenvalue weighted by molar-refractivity contribution is 1.20. The number of hydrogen-bond acceptors (Lipinski definition) is 2. The second kappa shape index (κ2) is 8.14. The van der Waals surface area contributed by atoms with E-state index in [-0.39, 0.29) is 6.71 Å². The Morgan fingerprint density at radius 1 is 0.405 bits per heavy atom. The molecule has 5 aromatic rings. The van der Waals surface area contributed by atoms with Crippen molar-refractivity contribution in [3.63, 3.8) is 0 Å². The van der Waals surface area contributed by atoms with Crippen LogP contribution in [0.3, 0.4) is 0 Å². The maximum Gasteiger partial charge on any atom is 0.252 e. The molecule has 2 nitrogen and oxygen atoms in total. The zero-order valence-corrected chi connectivity index (χ0v) is 21.8. The van der Waals surface area contributed by atoms with E-state index >= 15 is 0 Å². The predicted molar refractivity (Wildman–Crippen MR) is 159 cm³/mol. The maximum absolute atomic E-state index is 2.51. The molecule has 0 amide bonds. The Bertz CT molecular complexity index is 1580. The first-order valence-electron chi connectivity index (χ1n) is 13.1. The van der Waals surface area contributed by atoms with Gasteiger partial charge in [0.1, 0.15) is 0 Å². The normalized spacial score (nSPS) is 13.2. The monoisotopic (exact) mass is 476 g/mol. The lowest BCUT2D eigenvalue weighted by atomic mass is 9.33. The van der Waals surface area contributed by atoms with Gasteiger partial charge >= 0.3 is 0 Å². The second-order valence-corrected chi connectivity index (χ2v) is 10.4. The highest BCUT2D eigenvalue weighted by Crippen LogP contribution is 2.46. The zero-order valence-electron chi connectivity index (χ0n) is 21.8. The first-order chi connectivity index (χ1) is 18.1. The quantitative estimate of drug-likeness (QED) is 0.248. The Balaban J connectivity index is 1.62. The maximum atomic E-state index is 2.51. The molecule has 0 unspecified atom stereocenters. The number of hydrogen-bond donors (Lipinski definition) is 0. The van der Waals surface area contributed by atoms with Crippen molar-refractivity contribution in [2.75, 3.05) is 9.80 Å². The minimum Gasteiger partial charge on any atom is -0.311 e. The van der Waals surface area contributed by atoms with E-state index in [9.17, 15) is 0 Å². The number of para-hydroxylation sites is 4. The molecule has 178 valence electrons. The van der Waals surface area contributed by atoms with Crippen molar-refractivity contribution in [2.45, 2.75) is 27.7 Å². The molecule has 0 atom stereocenters. The Labute approximate surface area is 219 Å². The molecule has 0 aliphatic carbocycles. The van der Waals surface area contributed by atoms with Gasteiger partial charge < -0.3 is 9.80 Å². The molecule has 0 N–H and O–H groups in total. The summed E-state index contributed by atoms with van der Waals surface area (Å²) in [6.45, 7) is 9.11. The third kappa shape index (κ3) is 3.07.